The van der Waals surface area contributed by atoms with Crippen molar-refractivity contribution in [3.63, 3.8) is 0 Å². The summed E-state index contributed by atoms with van der Waals surface area (Å²) in [6.07, 6.45) is 2.39. The third-order valence-corrected chi connectivity index (χ3v) is 6.58. The molecule has 186 valence electrons. The summed E-state index contributed by atoms with van der Waals surface area (Å²) in [5.41, 5.74) is 2.63. The molecule has 0 saturated heterocycles. The Morgan fingerprint density at radius 1 is 1.00 bits per heavy atom. The number of rotatable bonds is 9. The van der Waals surface area contributed by atoms with Crippen LogP contribution in [0.1, 0.15) is 60.9 Å². The number of nitrogens with zero attached hydrogens (tertiary/aromatic N) is 3. The van der Waals surface area contributed by atoms with Gasteiger partial charge >= 0.3 is 0 Å². The van der Waals surface area contributed by atoms with Gasteiger partial charge in [-0.25, -0.2) is 4.98 Å². The summed E-state index contributed by atoms with van der Waals surface area (Å²) >= 11 is 0. The monoisotopic (exact) mass is 483 g/mol. The van der Waals surface area contributed by atoms with Crippen molar-refractivity contribution in [1.82, 2.24) is 14.5 Å². The van der Waals surface area contributed by atoms with Crippen molar-refractivity contribution in [2.24, 2.45) is 0 Å². The maximum absolute atomic E-state index is 14.0. The molecule has 0 N–H and O–H groups in total. The maximum Gasteiger partial charge on any atom is 0.266 e. The van der Waals surface area contributed by atoms with Crippen LogP contribution >= 0.6 is 0 Å². The van der Waals surface area contributed by atoms with E-state index in [1.807, 2.05) is 85.5 Å². The van der Waals surface area contributed by atoms with Crippen LogP contribution in [-0.2, 0) is 0 Å². The Morgan fingerprint density at radius 2 is 1.69 bits per heavy atom. The van der Waals surface area contributed by atoms with Gasteiger partial charge in [-0.2, -0.15) is 0 Å². The highest BCUT2D eigenvalue weighted by molar-refractivity contribution is 5.96. The van der Waals surface area contributed by atoms with E-state index in [-0.39, 0.29) is 11.5 Å². The van der Waals surface area contributed by atoms with Gasteiger partial charge in [0.15, 0.2) is 0 Å². The molecule has 3 aromatic carbocycles. The lowest BCUT2D eigenvalue weighted by atomic mass is 10.0. The van der Waals surface area contributed by atoms with E-state index >= 15 is 0 Å². The van der Waals surface area contributed by atoms with Gasteiger partial charge in [0.25, 0.3) is 11.5 Å². The third kappa shape index (κ3) is 4.76. The molecule has 6 heteroatoms. The minimum atomic E-state index is -0.411. The van der Waals surface area contributed by atoms with Crippen LogP contribution in [0.4, 0.5) is 0 Å². The van der Waals surface area contributed by atoms with Crippen LogP contribution in [0.25, 0.3) is 16.6 Å². The number of fused-ring (bicyclic) bond motifs is 1. The Morgan fingerprint density at radius 3 is 2.42 bits per heavy atom. The van der Waals surface area contributed by atoms with Crippen molar-refractivity contribution < 1.29 is 9.53 Å². The van der Waals surface area contributed by atoms with Gasteiger partial charge in [-0.15, -0.1) is 0 Å². The molecular weight excluding hydrogens is 450 g/mol. The highest BCUT2D eigenvalue weighted by Crippen LogP contribution is 2.31. The summed E-state index contributed by atoms with van der Waals surface area (Å²) in [4.78, 5) is 34.8. The van der Waals surface area contributed by atoms with E-state index in [2.05, 4.69) is 6.92 Å². The SMILES string of the molecule is CCCCN(C(=O)c1ccccc1C)C(CC)c1nc2ccccc2c(=O)n1-c1ccccc1OC. The highest BCUT2D eigenvalue weighted by Gasteiger charge is 2.30. The molecule has 0 bridgehead atoms. The fourth-order valence-electron chi connectivity index (χ4n) is 4.66. The molecule has 0 saturated carbocycles. The van der Waals surface area contributed by atoms with E-state index in [0.717, 1.165) is 18.4 Å². The fourth-order valence-corrected chi connectivity index (χ4v) is 4.66. The zero-order valence-electron chi connectivity index (χ0n) is 21.4. The average Bonchev–Trinajstić information content (AvgIpc) is 2.91. The molecule has 36 heavy (non-hydrogen) atoms. The molecule has 1 atom stereocenters. The number of carbonyl (C=O) groups is 1. The second-order valence-corrected chi connectivity index (χ2v) is 8.89. The normalized spacial score (nSPS) is 11.9. The van der Waals surface area contributed by atoms with Crippen LogP contribution in [0, 0.1) is 6.92 Å². The van der Waals surface area contributed by atoms with E-state index in [1.165, 1.54) is 0 Å². The predicted molar refractivity (Wildman–Crippen MR) is 144 cm³/mol. The van der Waals surface area contributed by atoms with Crippen molar-refractivity contribution >= 4 is 16.8 Å². The predicted octanol–water partition coefficient (Wildman–Crippen LogP) is 6.10. The number of carbonyl (C=O) groups excluding carboxylic acids is 1. The van der Waals surface area contributed by atoms with Crippen LogP contribution in [0.5, 0.6) is 5.75 Å². The number of benzene rings is 3. The number of aromatic nitrogens is 2. The van der Waals surface area contributed by atoms with Crippen molar-refractivity contribution in [2.75, 3.05) is 13.7 Å². The zero-order valence-corrected chi connectivity index (χ0v) is 21.4. The summed E-state index contributed by atoms with van der Waals surface area (Å²) in [6, 6.07) is 22.0. The summed E-state index contributed by atoms with van der Waals surface area (Å²) in [5.74, 6) is 1.05. The lowest BCUT2D eigenvalue weighted by Crippen LogP contribution is -2.39. The van der Waals surface area contributed by atoms with Gasteiger partial charge in [-0.1, -0.05) is 62.7 Å². The van der Waals surface area contributed by atoms with Gasteiger partial charge in [0.05, 0.1) is 29.7 Å². The van der Waals surface area contributed by atoms with E-state index in [4.69, 9.17) is 9.72 Å². The third-order valence-electron chi connectivity index (χ3n) is 6.58. The summed E-state index contributed by atoms with van der Waals surface area (Å²) in [6.45, 7) is 6.65. The van der Waals surface area contributed by atoms with E-state index < -0.39 is 6.04 Å². The Kier molecular flexibility index (Phi) is 7.84. The van der Waals surface area contributed by atoms with Gasteiger partial charge in [-0.05, 0) is 55.7 Å². The number of methoxy groups -OCH3 is 1. The molecule has 1 amide bonds. The number of aryl methyl sites for hydroxylation is 1. The van der Waals surface area contributed by atoms with E-state index in [0.29, 0.717) is 46.7 Å². The van der Waals surface area contributed by atoms with Crippen LogP contribution < -0.4 is 10.3 Å². The summed E-state index contributed by atoms with van der Waals surface area (Å²) in [5, 5.41) is 0.521. The molecule has 0 spiro atoms. The first-order valence-corrected chi connectivity index (χ1v) is 12.5. The number of hydrogen-bond acceptors (Lipinski definition) is 4. The molecule has 4 rings (SSSR count). The second-order valence-electron chi connectivity index (χ2n) is 8.89. The highest BCUT2D eigenvalue weighted by atomic mass is 16.5. The van der Waals surface area contributed by atoms with Crippen LogP contribution in [0.2, 0.25) is 0 Å². The second kappa shape index (κ2) is 11.2. The molecule has 1 unspecified atom stereocenters. The topological polar surface area (TPSA) is 64.4 Å². The first-order chi connectivity index (χ1) is 17.5. The molecule has 0 aliphatic rings. The molecule has 0 fully saturated rings. The molecule has 6 nitrogen and oxygen atoms in total. The number of amides is 1. The Labute approximate surface area is 212 Å². The average molecular weight is 484 g/mol. The standard InChI is InChI=1S/C30H33N3O3/c1-5-7-20-32(29(34)22-15-9-8-14-21(22)3)25(6-2)28-31-24-17-11-10-16-23(24)30(35)33(28)26-18-12-13-19-27(26)36-4/h8-19,25H,5-7,20H2,1-4H3. The number of hydrogen-bond donors (Lipinski definition) is 0. The molecule has 0 aliphatic carbocycles. The first-order valence-electron chi connectivity index (χ1n) is 12.5. The lowest BCUT2D eigenvalue weighted by Gasteiger charge is -2.33. The van der Waals surface area contributed by atoms with Crippen molar-refractivity contribution in [3.8, 4) is 11.4 Å². The van der Waals surface area contributed by atoms with E-state index in [1.54, 1.807) is 17.7 Å². The van der Waals surface area contributed by atoms with Crippen molar-refractivity contribution in [2.45, 2.75) is 46.1 Å². The molecule has 0 radical (unpaired) electrons. The minimum absolute atomic E-state index is 0.0533. The first kappa shape index (κ1) is 25.2. The van der Waals surface area contributed by atoms with Crippen molar-refractivity contribution in [3.05, 3.63) is 100 Å². The summed E-state index contributed by atoms with van der Waals surface area (Å²) in [7, 11) is 1.59. The number of para-hydroxylation sites is 3. The Balaban J connectivity index is 1.98. The fraction of sp³-hybridized carbons (Fsp3) is 0.300. The molecular formula is C30H33N3O3. The smallest absolute Gasteiger partial charge is 0.266 e. The number of ether oxygens (including phenoxy) is 1. The zero-order chi connectivity index (χ0) is 25.7. The maximum atomic E-state index is 14.0. The summed E-state index contributed by atoms with van der Waals surface area (Å²) < 4.78 is 7.25. The molecule has 1 aromatic heterocycles. The lowest BCUT2D eigenvalue weighted by molar-refractivity contribution is 0.0655. The van der Waals surface area contributed by atoms with E-state index in [9.17, 15) is 9.59 Å². The molecule has 0 aliphatic heterocycles. The molecule has 4 aromatic rings. The Hall–Kier alpha value is -3.93. The van der Waals surface area contributed by atoms with Crippen molar-refractivity contribution in [1.29, 1.82) is 0 Å². The molecule has 1 heterocycles. The van der Waals surface area contributed by atoms with Crippen LogP contribution in [-0.4, -0.2) is 34.0 Å². The quantitative estimate of drug-likeness (QED) is 0.289. The van der Waals surface area contributed by atoms with Gasteiger partial charge < -0.3 is 9.64 Å². The van der Waals surface area contributed by atoms with Gasteiger partial charge in [0.2, 0.25) is 0 Å². The largest absolute Gasteiger partial charge is 0.495 e. The Bertz CT molecular complexity index is 1430. The van der Waals surface area contributed by atoms with Gasteiger partial charge in [0, 0.05) is 12.1 Å². The number of unbranched alkanes of at least 4 members (excludes halogenated alkanes) is 1. The minimum Gasteiger partial charge on any atom is -0.495 e. The van der Waals surface area contributed by atoms with Gasteiger partial charge in [0.1, 0.15) is 11.6 Å². The van der Waals surface area contributed by atoms with Gasteiger partial charge in [-0.3, -0.25) is 14.2 Å². The van der Waals surface area contributed by atoms with Crippen LogP contribution in [0.15, 0.2) is 77.6 Å². The van der Waals surface area contributed by atoms with Crippen LogP contribution in [0.3, 0.4) is 0 Å².